The van der Waals surface area contributed by atoms with Crippen molar-refractivity contribution in [2.24, 2.45) is 11.8 Å². The molecule has 0 aliphatic heterocycles. The standard InChI is InChI=1S/C33H59ClN2O3.C4H11N/c1-4-7-8-9-10-11-12-13-14-15-16-17-18-21-28(30-22-19-20-23-31(30)33(38)39)24-25-29(35-34)26-27-32(37)36(5-2)6-3;1-3-5-4-2/h19-20,22,28-29,31,35H,4-18,21,23-27H2,1-3H3,(H,38,39);5H,3-4H2,1-2H3. The van der Waals surface area contributed by atoms with Crippen LogP contribution in [0.15, 0.2) is 23.8 Å². The molecule has 0 bridgehead atoms. The number of unbranched alkanes of at least 4 members (excludes halogenated alkanes) is 12. The molecule has 6 nitrogen and oxygen atoms in total. The summed E-state index contributed by atoms with van der Waals surface area (Å²) in [4.78, 5) is 29.2. The Morgan fingerprint density at radius 3 is 1.82 bits per heavy atom. The number of amides is 1. The molecule has 1 rings (SSSR count). The highest BCUT2D eigenvalue weighted by molar-refractivity contribution is 6.13. The molecule has 3 unspecified atom stereocenters. The van der Waals surface area contributed by atoms with E-state index in [0.29, 0.717) is 19.3 Å². The van der Waals surface area contributed by atoms with Crippen LogP contribution in [0.25, 0.3) is 0 Å². The molecular weight excluding hydrogens is 570 g/mol. The Balaban J connectivity index is 0.00000340. The van der Waals surface area contributed by atoms with Crippen LogP contribution in [0, 0.1) is 11.8 Å². The number of hydrogen-bond donors (Lipinski definition) is 3. The van der Waals surface area contributed by atoms with Crippen molar-refractivity contribution in [1.29, 1.82) is 0 Å². The summed E-state index contributed by atoms with van der Waals surface area (Å²) in [7, 11) is 0. The zero-order chi connectivity index (χ0) is 32.8. The van der Waals surface area contributed by atoms with E-state index in [9.17, 15) is 14.7 Å². The summed E-state index contributed by atoms with van der Waals surface area (Å²) in [6.07, 6.45) is 27.8. The van der Waals surface area contributed by atoms with E-state index in [2.05, 4.69) is 30.9 Å². The van der Waals surface area contributed by atoms with Crippen molar-refractivity contribution in [3.05, 3.63) is 23.8 Å². The number of allylic oxidation sites excluding steroid dienone is 3. The lowest BCUT2D eigenvalue weighted by molar-refractivity contribution is -0.140. The maximum atomic E-state index is 12.5. The van der Waals surface area contributed by atoms with Gasteiger partial charge >= 0.3 is 5.97 Å². The van der Waals surface area contributed by atoms with Gasteiger partial charge in [0.25, 0.3) is 0 Å². The van der Waals surface area contributed by atoms with Gasteiger partial charge in [0.1, 0.15) is 0 Å². The molecule has 0 spiro atoms. The number of halogens is 1. The molecular formula is C37H70ClN3O3. The largest absolute Gasteiger partial charge is 0.481 e. The molecule has 0 aromatic carbocycles. The van der Waals surface area contributed by atoms with Crippen LogP contribution in [-0.4, -0.2) is 54.1 Å². The highest BCUT2D eigenvalue weighted by Gasteiger charge is 2.29. The minimum atomic E-state index is -0.724. The van der Waals surface area contributed by atoms with E-state index in [1.54, 1.807) is 0 Å². The summed E-state index contributed by atoms with van der Waals surface area (Å²) in [6, 6.07) is 0.0448. The van der Waals surface area contributed by atoms with Crippen LogP contribution in [-0.2, 0) is 9.59 Å². The Bertz CT molecular complexity index is 752. The summed E-state index contributed by atoms with van der Waals surface area (Å²) in [6.45, 7) is 14.1. The second kappa shape index (κ2) is 30.3. The molecule has 1 aliphatic rings. The van der Waals surface area contributed by atoms with E-state index in [0.717, 1.165) is 57.4 Å². The summed E-state index contributed by atoms with van der Waals surface area (Å²) in [5, 5.41) is 13.0. The zero-order valence-corrected chi connectivity index (χ0v) is 30.1. The minimum Gasteiger partial charge on any atom is -0.481 e. The van der Waals surface area contributed by atoms with Crippen molar-refractivity contribution in [3.8, 4) is 0 Å². The molecule has 3 atom stereocenters. The van der Waals surface area contributed by atoms with E-state index < -0.39 is 11.9 Å². The summed E-state index contributed by atoms with van der Waals surface area (Å²) >= 11 is 6.09. The van der Waals surface area contributed by atoms with Crippen LogP contribution >= 0.6 is 11.8 Å². The highest BCUT2D eigenvalue weighted by Crippen LogP contribution is 2.34. The Morgan fingerprint density at radius 2 is 1.36 bits per heavy atom. The summed E-state index contributed by atoms with van der Waals surface area (Å²) in [5.74, 6) is -0.729. The number of carbonyl (C=O) groups is 2. The number of aliphatic carboxylic acids is 1. The number of hydrogen-bond acceptors (Lipinski definition) is 4. The average molecular weight is 640 g/mol. The molecule has 0 fully saturated rings. The lowest BCUT2D eigenvalue weighted by atomic mass is 9.78. The first-order valence-corrected chi connectivity index (χ1v) is 18.7. The minimum absolute atomic E-state index is 0.0448. The third-order valence-corrected chi connectivity index (χ3v) is 9.27. The predicted molar refractivity (Wildman–Crippen MR) is 190 cm³/mol. The second-order valence-corrected chi connectivity index (χ2v) is 12.6. The molecule has 0 saturated heterocycles. The molecule has 0 aromatic heterocycles. The molecule has 1 aliphatic carbocycles. The van der Waals surface area contributed by atoms with Crippen molar-refractivity contribution < 1.29 is 14.7 Å². The molecule has 1 amide bonds. The average Bonchev–Trinajstić information content (AvgIpc) is 3.03. The van der Waals surface area contributed by atoms with Gasteiger partial charge in [0.2, 0.25) is 5.91 Å². The Labute approximate surface area is 277 Å². The van der Waals surface area contributed by atoms with Gasteiger partial charge in [-0.15, -0.1) is 0 Å². The van der Waals surface area contributed by atoms with Gasteiger partial charge < -0.3 is 15.3 Å². The number of rotatable bonds is 27. The van der Waals surface area contributed by atoms with Gasteiger partial charge in [-0.05, 0) is 76.7 Å². The normalized spacial score (nSPS) is 15.7. The van der Waals surface area contributed by atoms with Crippen molar-refractivity contribution in [2.75, 3.05) is 26.2 Å². The van der Waals surface area contributed by atoms with Crippen LogP contribution in [0.4, 0.5) is 0 Å². The topological polar surface area (TPSA) is 81.7 Å². The Hall–Kier alpha value is -1.37. The van der Waals surface area contributed by atoms with Crippen LogP contribution < -0.4 is 10.2 Å². The van der Waals surface area contributed by atoms with Crippen LogP contribution in [0.2, 0.25) is 0 Å². The van der Waals surface area contributed by atoms with Gasteiger partial charge in [-0.1, -0.05) is 128 Å². The first kappa shape index (κ1) is 42.6. The first-order valence-electron chi connectivity index (χ1n) is 18.3. The van der Waals surface area contributed by atoms with Gasteiger partial charge in [0.05, 0.1) is 5.92 Å². The molecule has 0 heterocycles. The van der Waals surface area contributed by atoms with E-state index in [1.807, 2.05) is 37.0 Å². The fourth-order valence-electron chi connectivity index (χ4n) is 6.13. The molecule has 0 aromatic rings. The maximum absolute atomic E-state index is 12.5. The number of carboxylic acids is 1. The lowest BCUT2D eigenvalue weighted by Gasteiger charge is -2.28. The van der Waals surface area contributed by atoms with Crippen LogP contribution in [0.5, 0.6) is 0 Å². The zero-order valence-electron chi connectivity index (χ0n) is 29.3. The van der Waals surface area contributed by atoms with Crippen LogP contribution in [0.1, 0.15) is 157 Å². The highest BCUT2D eigenvalue weighted by atomic mass is 35.5. The van der Waals surface area contributed by atoms with E-state index in [1.165, 1.54) is 77.0 Å². The number of nitrogens with one attached hydrogen (secondary N) is 2. The van der Waals surface area contributed by atoms with Crippen molar-refractivity contribution in [3.63, 3.8) is 0 Å². The smallest absolute Gasteiger partial charge is 0.310 e. The van der Waals surface area contributed by atoms with E-state index in [4.69, 9.17) is 11.8 Å². The Morgan fingerprint density at radius 1 is 0.818 bits per heavy atom. The van der Waals surface area contributed by atoms with Gasteiger partial charge in [-0.3, -0.25) is 9.59 Å². The first-order chi connectivity index (χ1) is 21.4. The molecule has 7 heteroatoms. The van der Waals surface area contributed by atoms with Gasteiger partial charge in [-0.25, -0.2) is 4.84 Å². The fraction of sp³-hybridized carbons (Fsp3) is 0.838. The van der Waals surface area contributed by atoms with Crippen molar-refractivity contribution >= 4 is 23.7 Å². The monoisotopic (exact) mass is 640 g/mol. The van der Waals surface area contributed by atoms with Gasteiger partial charge in [-0.2, -0.15) is 0 Å². The van der Waals surface area contributed by atoms with Crippen LogP contribution in [0.3, 0.4) is 0 Å². The molecule has 0 radical (unpaired) electrons. The number of carboxylic acid groups (broad SMARTS) is 1. The lowest BCUT2D eigenvalue weighted by Crippen LogP contribution is -2.32. The maximum Gasteiger partial charge on any atom is 0.310 e. The predicted octanol–water partition coefficient (Wildman–Crippen LogP) is 9.83. The Kier molecular flexibility index (Phi) is 29.3. The molecule has 3 N–H and O–H groups in total. The molecule has 258 valence electrons. The van der Waals surface area contributed by atoms with E-state index in [-0.39, 0.29) is 17.9 Å². The second-order valence-electron chi connectivity index (χ2n) is 12.4. The SMILES string of the molecule is CCCCCCCCCCCCCCCC(CCC(CCC(=O)N(CC)CC)NCl)C1=CC=CCC1C(=O)O.CCNCC. The van der Waals surface area contributed by atoms with Gasteiger partial charge in [0.15, 0.2) is 0 Å². The fourth-order valence-corrected chi connectivity index (χ4v) is 6.35. The van der Waals surface area contributed by atoms with Crippen molar-refractivity contribution in [2.45, 2.75) is 163 Å². The van der Waals surface area contributed by atoms with E-state index >= 15 is 0 Å². The third-order valence-electron chi connectivity index (χ3n) is 8.97. The van der Waals surface area contributed by atoms with Crippen molar-refractivity contribution in [1.82, 2.24) is 15.1 Å². The quantitative estimate of drug-likeness (QED) is 0.0615. The molecule has 44 heavy (non-hydrogen) atoms. The third kappa shape index (κ3) is 21.4. The number of carbonyl (C=O) groups excluding carboxylic acids is 1. The van der Waals surface area contributed by atoms with Gasteiger partial charge in [0, 0.05) is 25.6 Å². The summed E-state index contributed by atoms with van der Waals surface area (Å²) < 4.78 is 0. The summed E-state index contributed by atoms with van der Waals surface area (Å²) in [5.41, 5.74) is 1.07. The molecule has 0 saturated carbocycles. The number of nitrogens with zero attached hydrogens (tertiary/aromatic N) is 1.